The Balaban J connectivity index is 1.73. The van der Waals surface area contributed by atoms with E-state index in [1.807, 2.05) is 43.7 Å². The molecule has 1 amide bonds. The van der Waals surface area contributed by atoms with Gasteiger partial charge in [-0.1, -0.05) is 18.2 Å². The number of likely N-dealkylation sites (N-methyl/N-ethyl adjacent to an activating group) is 1. The molecule has 1 unspecified atom stereocenters. The largest absolute Gasteiger partial charge is 0.465 e. The SMILES string of the molecule is COC(=O)c1cn(CC(=O)NCC(c2ccsc2)N(C)C)c2ccccc12. The Kier molecular flexibility index (Phi) is 5.93. The molecule has 1 aromatic carbocycles. The number of para-hydroxylation sites is 1. The van der Waals surface area contributed by atoms with E-state index in [0.29, 0.717) is 12.1 Å². The maximum Gasteiger partial charge on any atom is 0.340 e. The molecule has 27 heavy (non-hydrogen) atoms. The molecule has 0 aliphatic heterocycles. The maximum absolute atomic E-state index is 12.5. The van der Waals surface area contributed by atoms with Crippen LogP contribution in [0.1, 0.15) is 22.0 Å². The molecular formula is C20H23N3O3S. The molecule has 0 saturated carbocycles. The monoisotopic (exact) mass is 385 g/mol. The highest BCUT2D eigenvalue weighted by atomic mass is 32.1. The minimum Gasteiger partial charge on any atom is -0.465 e. The van der Waals surface area contributed by atoms with Crippen LogP contribution >= 0.6 is 11.3 Å². The van der Waals surface area contributed by atoms with Crippen LogP contribution in [0.2, 0.25) is 0 Å². The average molecular weight is 385 g/mol. The number of aromatic nitrogens is 1. The number of nitrogens with zero attached hydrogens (tertiary/aromatic N) is 2. The summed E-state index contributed by atoms with van der Waals surface area (Å²) >= 11 is 1.64. The Labute approximate surface area is 162 Å². The zero-order valence-electron chi connectivity index (χ0n) is 15.6. The summed E-state index contributed by atoms with van der Waals surface area (Å²) in [7, 11) is 5.35. The Bertz CT molecular complexity index is 931. The van der Waals surface area contributed by atoms with Gasteiger partial charge in [0, 0.05) is 23.6 Å². The molecule has 2 heterocycles. The number of ether oxygens (including phenoxy) is 1. The molecule has 0 spiro atoms. The van der Waals surface area contributed by atoms with Gasteiger partial charge in [-0.2, -0.15) is 11.3 Å². The van der Waals surface area contributed by atoms with E-state index in [0.717, 1.165) is 10.9 Å². The Morgan fingerprint density at radius 1 is 1.26 bits per heavy atom. The first-order valence-electron chi connectivity index (χ1n) is 8.62. The van der Waals surface area contributed by atoms with Gasteiger partial charge in [0.25, 0.3) is 0 Å². The zero-order chi connectivity index (χ0) is 19.4. The molecule has 2 aromatic heterocycles. The number of rotatable bonds is 7. The van der Waals surface area contributed by atoms with E-state index < -0.39 is 5.97 Å². The van der Waals surface area contributed by atoms with Gasteiger partial charge in [0.2, 0.25) is 5.91 Å². The Morgan fingerprint density at radius 2 is 2.04 bits per heavy atom. The first-order valence-corrected chi connectivity index (χ1v) is 9.57. The number of benzene rings is 1. The second kappa shape index (κ2) is 8.37. The molecule has 6 nitrogen and oxygen atoms in total. The minimum atomic E-state index is -0.407. The first-order chi connectivity index (χ1) is 13.0. The van der Waals surface area contributed by atoms with Crippen molar-refractivity contribution in [1.82, 2.24) is 14.8 Å². The molecule has 1 atom stereocenters. The molecular weight excluding hydrogens is 362 g/mol. The highest BCUT2D eigenvalue weighted by Crippen LogP contribution is 2.22. The van der Waals surface area contributed by atoms with Gasteiger partial charge >= 0.3 is 5.97 Å². The lowest BCUT2D eigenvalue weighted by atomic mass is 10.1. The van der Waals surface area contributed by atoms with Crippen molar-refractivity contribution in [2.75, 3.05) is 27.7 Å². The van der Waals surface area contributed by atoms with Crippen molar-refractivity contribution in [3.8, 4) is 0 Å². The molecule has 0 aliphatic rings. The minimum absolute atomic E-state index is 0.103. The van der Waals surface area contributed by atoms with Gasteiger partial charge in [0.1, 0.15) is 6.54 Å². The molecule has 0 radical (unpaired) electrons. The summed E-state index contributed by atoms with van der Waals surface area (Å²) < 4.78 is 6.64. The van der Waals surface area contributed by atoms with Crippen molar-refractivity contribution >= 4 is 34.1 Å². The van der Waals surface area contributed by atoms with Gasteiger partial charge in [-0.05, 0) is 42.6 Å². The van der Waals surface area contributed by atoms with E-state index in [1.165, 1.54) is 12.7 Å². The number of esters is 1. The van der Waals surface area contributed by atoms with Crippen LogP contribution in [0.3, 0.4) is 0 Å². The summed E-state index contributed by atoms with van der Waals surface area (Å²) in [6.45, 7) is 0.660. The second-order valence-corrected chi connectivity index (χ2v) is 7.30. The number of methoxy groups -OCH3 is 1. The molecule has 1 N–H and O–H groups in total. The predicted octanol–water partition coefficient (Wildman–Crippen LogP) is 2.91. The number of amides is 1. The summed E-state index contributed by atoms with van der Waals surface area (Å²) in [4.78, 5) is 26.6. The molecule has 3 aromatic rings. The molecule has 3 rings (SSSR count). The third kappa shape index (κ3) is 4.20. The van der Waals surface area contributed by atoms with E-state index in [1.54, 1.807) is 22.1 Å². The van der Waals surface area contributed by atoms with Crippen molar-refractivity contribution in [3.63, 3.8) is 0 Å². The van der Waals surface area contributed by atoms with Crippen LogP contribution in [0.5, 0.6) is 0 Å². The van der Waals surface area contributed by atoms with E-state index in [-0.39, 0.29) is 18.5 Å². The highest BCUT2D eigenvalue weighted by Gasteiger charge is 2.18. The third-order valence-electron chi connectivity index (χ3n) is 4.55. The summed E-state index contributed by atoms with van der Waals surface area (Å²) in [5, 5.41) is 7.92. The van der Waals surface area contributed by atoms with Crippen LogP contribution in [0, 0.1) is 0 Å². The highest BCUT2D eigenvalue weighted by molar-refractivity contribution is 7.07. The molecule has 0 saturated heterocycles. The van der Waals surface area contributed by atoms with Crippen LogP contribution in [0.4, 0.5) is 0 Å². The van der Waals surface area contributed by atoms with E-state index >= 15 is 0 Å². The average Bonchev–Trinajstić information content (AvgIpc) is 3.30. The number of thiophene rings is 1. The van der Waals surface area contributed by atoms with Gasteiger partial charge in [-0.25, -0.2) is 4.79 Å². The first kappa shape index (κ1) is 19.1. The molecule has 0 fully saturated rings. The van der Waals surface area contributed by atoms with Gasteiger partial charge in [0.15, 0.2) is 0 Å². The summed E-state index contributed by atoms with van der Waals surface area (Å²) in [5.41, 5.74) is 2.48. The summed E-state index contributed by atoms with van der Waals surface area (Å²) in [6, 6.07) is 9.69. The molecule has 142 valence electrons. The van der Waals surface area contributed by atoms with Gasteiger partial charge in [-0.15, -0.1) is 0 Å². The summed E-state index contributed by atoms with van der Waals surface area (Å²) in [6.07, 6.45) is 1.68. The van der Waals surface area contributed by atoms with Crippen LogP contribution in [-0.2, 0) is 16.1 Å². The Hall–Kier alpha value is -2.64. The topological polar surface area (TPSA) is 63.6 Å². The maximum atomic E-state index is 12.5. The quantitative estimate of drug-likeness (QED) is 0.635. The van der Waals surface area contributed by atoms with Crippen LogP contribution in [-0.4, -0.2) is 49.1 Å². The fraction of sp³-hybridized carbons (Fsp3) is 0.300. The standard InChI is InChI=1S/C20H23N3O3S/c1-22(2)18(14-8-9-27-13-14)10-21-19(24)12-23-11-16(20(25)26-3)15-6-4-5-7-17(15)23/h4-9,11,13,18H,10,12H2,1-3H3,(H,21,24). The lowest BCUT2D eigenvalue weighted by molar-refractivity contribution is -0.121. The van der Waals surface area contributed by atoms with Crippen molar-refractivity contribution < 1.29 is 14.3 Å². The van der Waals surface area contributed by atoms with Crippen LogP contribution in [0.15, 0.2) is 47.3 Å². The number of nitrogens with one attached hydrogen (secondary N) is 1. The van der Waals surface area contributed by atoms with Crippen molar-refractivity contribution in [1.29, 1.82) is 0 Å². The second-order valence-electron chi connectivity index (χ2n) is 6.52. The Morgan fingerprint density at radius 3 is 2.70 bits per heavy atom. The van der Waals surface area contributed by atoms with Crippen LogP contribution < -0.4 is 5.32 Å². The number of hydrogen-bond acceptors (Lipinski definition) is 5. The number of fused-ring (bicyclic) bond motifs is 1. The number of hydrogen-bond donors (Lipinski definition) is 1. The van der Waals surface area contributed by atoms with Crippen molar-refractivity contribution in [2.45, 2.75) is 12.6 Å². The molecule has 0 bridgehead atoms. The third-order valence-corrected chi connectivity index (χ3v) is 5.25. The van der Waals surface area contributed by atoms with Gasteiger partial charge in [0.05, 0.1) is 18.7 Å². The van der Waals surface area contributed by atoms with E-state index in [2.05, 4.69) is 21.7 Å². The zero-order valence-corrected chi connectivity index (χ0v) is 16.5. The van der Waals surface area contributed by atoms with Crippen molar-refractivity contribution in [3.05, 3.63) is 58.4 Å². The predicted molar refractivity (Wildman–Crippen MR) is 107 cm³/mol. The smallest absolute Gasteiger partial charge is 0.340 e. The molecule has 0 aliphatic carbocycles. The van der Waals surface area contributed by atoms with Crippen molar-refractivity contribution in [2.24, 2.45) is 0 Å². The fourth-order valence-corrected chi connectivity index (χ4v) is 3.84. The van der Waals surface area contributed by atoms with E-state index in [4.69, 9.17) is 4.74 Å². The number of carbonyl (C=O) groups is 2. The fourth-order valence-electron chi connectivity index (χ4n) is 3.13. The molecule has 7 heteroatoms. The van der Waals surface area contributed by atoms with E-state index in [9.17, 15) is 9.59 Å². The summed E-state index contributed by atoms with van der Waals surface area (Å²) in [5.74, 6) is -0.510. The lowest BCUT2D eigenvalue weighted by Crippen LogP contribution is -2.36. The van der Waals surface area contributed by atoms with Gasteiger partial charge < -0.3 is 19.5 Å². The van der Waals surface area contributed by atoms with Crippen LogP contribution in [0.25, 0.3) is 10.9 Å². The normalized spacial score (nSPS) is 12.3. The number of carbonyl (C=O) groups excluding carboxylic acids is 2. The van der Waals surface area contributed by atoms with Gasteiger partial charge in [-0.3, -0.25) is 4.79 Å². The lowest BCUT2D eigenvalue weighted by Gasteiger charge is -2.24.